The molecule has 2 rings (SSSR count). The van der Waals surface area contributed by atoms with E-state index in [4.69, 9.17) is 0 Å². The van der Waals surface area contributed by atoms with Gasteiger partial charge in [0.25, 0.3) is 5.91 Å². The maximum absolute atomic E-state index is 14.3. The highest BCUT2D eigenvalue weighted by molar-refractivity contribution is 7.89. The summed E-state index contributed by atoms with van der Waals surface area (Å²) in [7, 11) is -3.83. The number of rotatable bonds is 7. The van der Waals surface area contributed by atoms with E-state index in [1.807, 2.05) is 0 Å². The summed E-state index contributed by atoms with van der Waals surface area (Å²) in [5.41, 5.74) is -0.677. The minimum atomic E-state index is -3.83. The van der Waals surface area contributed by atoms with Crippen molar-refractivity contribution in [3.8, 4) is 0 Å². The molecule has 5 nitrogen and oxygen atoms in total. The van der Waals surface area contributed by atoms with E-state index in [1.165, 1.54) is 28.6 Å². The van der Waals surface area contributed by atoms with Crippen LogP contribution in [0, 0.1) is 11.6 Å². The lowest BCUT2D eigenvalue weighted by molar-refractivity contribution is 0.0907. The molecule has 0 atom stereocenters. The van der Waals surface area contributed by atoms with Gasteiger partial charge in [-0.2, -0.15) is 4.31 Å². The molecule has 152 valence electrons. The number of nitrogens with one attached hydrogen (secondary N) is 1. The molecule has 0 fully saturated rings. The summed E-state index contributed by atoms with van der Waals surface area (Å²) in [6.45, 7) is 7.29. The topological polar surface area (TPSA) is 66.5 Å². The molecule has 0 unspecified atom stereocenters. The van der Waals surface area contributed by atoms with Crippen LogP contribution in [0.2, 0.25) is 0 Å². The van der Waals surface area contributed by atoms with Gasteiger partial charge in [0, 0.05) is 13.1 Å². The molecule has 0 bridgehead atoms. The molecule has 2 aromatic rings. The van der Waals surface area contributed by atoms with Crippen molar-refractivity contribution in [3.05, 3.63) is 65.2 Å². The van der Waals surface area contributed by atoms with Gasteiger partial charge in [-0.25, -0.2) is 17.2 Å². The number of benzene rings is 2. The smallest absolute Gasteiger partial charge is 0.254 e. The Morgan fingerprint density at radius 3 is 2.14 bits per heavy atom. The van der Waals surface area contributed by atoms with E-state index in [-0.39, 0.29) is 23.5 Å². The van der Waals surface area contributed by atoms with Crippen LogP contribution in [0.25, 0.3) is 0 Å². The molecular weight excluding hydrogens is 386 g/mol. The predicted octanol–water partition coefficient (Wildman–Crippen LogP) is 3.66. The van der Waals surface area contributed by atoms with Crippen LogP contribution in [0.5, 0.6) is 0 Å². The lowest BCUT2D eigenvalue weighted by atomic mass is 9.94. The van der Waals surface area contributed by atoms with Crippen LogP contribution in [0.3, 0.4) is 0 Å². The fourth-order valence-electron chi connectivity index (χ4n) is 2.84. The highest BCUT2D eigenvalue weighted by Crippen LogP contribution is 2.23. The number of hydrogen-bond acceptors (Lipinski definition) is 3. The largest absolute Gasteiger partial charge is 0.343 e. The average Bonchev–Trinajstić information content (AvgIpc) is 2.62. The zero-order chi connectivity index (χ0) is 21.1. The first kappa shape index (κ1) is 22.0. The first-order chi connectivity index (χ1) is 13.0. The third-order valence-electron chi connectivity index (χ3n) is 4.52. The third kappa shape index (κ3) is 4.56. The van der Waals surface area contributed by atoms with Crippen molar-refractivity contribution in [1.29, 1.82) is 0 Å². The summed E-state index contributed by atoms with van der Waals surface area (Å²) >= 11 is 0. The van der Waals surface area contributed by atoms with Crippen LogP contribution in [0.15, 0.2) is 47.4 Å². The van der Waals surface area contributed by atoms with Crippen molar-refractivity contribution in [2.24, 2.45) is 0 Å². The molecule has 0 saturated carbocycles. The van der Waals surface area contributed by atoms with Gasteiger partial charge >= 0.3 is 0 Å². The van der Waals surface area contributed by atoms with Gasteiger partial charge in [0.1, 0.15) is 11.6 Å². The van der Waals surface area contributed by atoms with Crippen LogP contribution in [0.4, 0.5) is 8.78 Å². The van der Waals surface area contributed by atoms with Crippen LogP contribution in [-0.2, 0) is 15.6 Å². The molecule has 0 aliphatic heterocycles. The van der Waals surface area contributed by atoms with Crippen molar-refractivity contribution in [1.82, 2.24) is 9.62 Å². The maximum atomic E-state index is 14.3. The Labute approximate surface area is 164 Å². The van der Waals surface area contributed by atoms with Crippen LogP contribution in [-0.4, -0.2) is 31.7 Å². The number of hydrogen-bond donors (Lipinski definition) is 1. The Morgan fingerprint density at radius 2 is 1.61 bits per heavy atom. The van der Waals surface area contributed by atoms with Crippen LogP contribution >= 0.6 is 0 Å². The number of carbonyl (C=O) groups excluding carboxylic acids is 1. The first-order valence-electron chi connectivity index (χ1n) is 8.91. The van der Waals surface area contributed by atoms with Crippen molar-refractivity contribution in [3.63, 3.8) is 0 Å². The van der Waals surface area contributed by atoms with E-state index in [0.717, 1.165) is 18.2 Å². The maximum Gasteiger partial charge on any atom is 0.254 e. The van der Waals surface area contributed by atoms with E-state index in [9.17, 15) is 22.0 Å². The molecule has 0 heterocycles. The summed E-state index contributed by atoms with van der Waals surface area (Å²) in [5, 5.41) is 2.68. The van der Waals surface area contributed by atoms with Crippen molar-refractivity contribution in [2.45, 2.75) is 38.1 Å². The second-order valence-corrected chi connectivity index (χ2v) is 8.75. The number of halogens is 2. The fourth-order valence-corrected chi connectivity index (χ4v) is 4.33. The standard InChI is InChI=1S/C20H24F2N2O3S/c1-5-24(6-2)28(26,27)16-11-12-18(22)17(13-16)19(25)23-20(3,4)14-7-9-15(21)10-8-14/h7-13H,5-6H2,1-4H3,(H,23,25). The third-order valence-corrected chi connectivity index (χ3v) is 6.56. The van der Waals surface area contributed by atoms with Crippen LogP contribution < -0.4 is 5.32 Å². The summed E-state index contributed by atoms with van der Waals surface area (Å²) in [4.78, 5) is 12.5. The van der Waals surface area contributed by atoms with Crippen molar-refractivity contribution in [2.75, 3.05) is 13.1 Å². The quantitative estimate of drug-likeness (QED) is 0.758. The Hall–Kier alpha value is -2.32. The molecular formula is C20H24F2N2O3S. The molecule has 0 spiro atoms. The number of sulfonamides is 1. The van der Waals surface area contributed by atoms with E-state index >= 15 is 0 Å². The Bertz CT molecular complexity index is 954. The second-order valence-electron chi connectivity index (χ2n) is 6.82. The monoisotopic (exact) mass is 410 g/mol. The van der Waals surface area contributed by atoms with Gasteiger partial charge in [-0.1, -0.05) is 26.0 Å². The van der Waals surface area contributed by atoms with Gasteiger partial charge in [0.2, 0.25) is 10.0 Å². The molecule has 0 aromatic heterocycles. The van der Waals surface area contributed by atoms with E-state index < -0.39 is 33.1 Å². The first-order valence-corrected chi connectivity index (χ1v) is 10.3. The highest BCUT2D eigenvalue weighted by atomic mass is 32.2. The molecule has 0 aliphatic carbocycles. The molecule has 0 aliphatic rings. The molecule has 2 aromatic carbocycles. The van der Waals surface area contributed by atoms with Gasteiger partial charge in [-0.15, -0.1) is 0 Å². The lowest BCUT2D eigenvalue weighted by Gasteiger charge is -2.27. The molecule has 8 heteroatoms. The SMILES string of the molecule is CCN(CC)S(=O)(=O)c1ccc(F)c(C(=O)NC(C)(C)c2ccc(F)cc2)c1. The lowest BCUT2D eigenvalue weighted by Crippen LogP contribution is -2.41. The molecule has 28 heavy (non-hydrogen) atoms. The predicted molar refractivity (Wildman–Crippen MR) is 103 cm³/mol. The van der Waals surface area contributed by atoms with E-state index in [2.05, 4.69) is 5.32 Å². The molecule has 1 amide bonds. The van der Waals surface area contributed by atoms with E-state index in [0.29, 0.717) is 5.56 Å². The van der Waals surface area contributed by atoms with Gasteiger partial charge in [-0.3, -0.25) is 4.79 Å². The molecule has 1 N–H and O–H groups in total. The van der Waals surface area contributed by atoms with Crippen molar-refractivity contribution < 1.29 is 22.0 Å². The molecule has 0 saturated heterocycles. The van der Waals surface area contributed by atoms with Gasteiger partial charge in [0.15, 0.2) is 0 Å². The second kappa shape index (κ2) is 8.36. The van der Waals surface area contributed by atoms with Gasteiger partial charge < -0.3 is 5.32 Å². The number of amides is 1. The fraction of sp³-hybridized carbons (Fsp3) is 0.350. The van der Waals surface area contributed by atoms with Gasteiger partial charge in [-0.05, 0) is 49.7 Å². The van der Waals surface area contributed by atoms with E-state index in [1.54, 1.807) is 27.7 Å². The van der Waals surface area contributed by atoms with Gasteiger partial charge in [0.05, 0.1) is 16.0 Å². The number of carbonyl (C=O) groups is 1. The Kier molecular flexibility index (Phi) is 6.56. The zero-order valence-electron chi connectivity index (χ0n) is 16.3. The minimum absolute atomic E-state index is 0.151. The minimum Gasteiger partial charge on any atom is -0.343 e. The Balaban J connectivity index is 2.37. The van der Waals surface area contributed by atoms with Crippen LogP contribution in [0.1, 0.15) is 43.6 Å². The average molecular weight is 410 g/mol. The normalized spacial score (nSPS) is 12.2. The zero-order valence-corrected chi connectivity index (χ0v) is 17.1. The molecule has 0 radical (unpaired) electrons. The highest BCUT2D eigenvalue weighted by Gasteiger charge is 2.27. The summed E-state index contributed by atoms with van der Waals surface area (Å²) in [6.07, 6.45) is 0. The number of nitrogens with zero attached hydrogens (tertiary/aromatic N) is 1. The summed E-state index contributed by atoms with van der Waals surface area (Å²) < 4.78 is 54.0. The Morgan fingerprint density at radius 1 is 1.04 bits per heavy atom. The van der Waals surface area contributed by atoms with Crippen molar-refractivity contribution >= 4 is 15.9 Å². The summed E-state index contributed by atoms with van der Waals surface area (Å²) in [6, 6.07) is 8.72. The summed E-state index contributed by atoms with van der Waals surface area (Å²) in [5.74, 6) is -2.00.